The fraction of sp³-hybridized carbons (Fsp3) is 0.312. The Hall–Kier alpha value is -0.910. The number of hydrogen-bond acceptors (Lipinski definition) is 3. The Morgan fingerprint density at radius 2 is 2.24 bits per heavy atom. The largest absolute Gasteiger partial charge is 0.493 e. The van der Waals surface area contributed by atoms with Crippen molar-refractivity contribution in [2.75, 3.05) is 13.2 Å². The van der Waals surface area contributed by atoms with Gasteiger partial charge >= 0.3 is 0 Å². The van der Waals surface area contributed by atoms with Crippen LogP contribution in [0.3, 0.4) is 0 Å². The van der Waals surface area contributed by atoms with Gasteiger partial charge in [-0.25, -0.2) is 0 Å². The number of fused-ring (bicyclic) bond motifs is 1. The lowest BCUT2D eigenvalue weighted by Gasteiger charge is -2.21. The van der Waals surface area contributed by atoms with E-state index in [1.807, 2.05) is 12.3 Å². The molecule has 21 heavy (non-hydrogen) atoms. The maximum absolute atomic E-state index is 5.85. The highest BCUT2D eigenvalue weighted by Gasteiger charge is 2.25. The molecule has 2 aromatic rings. The molecule has 110 valence electrons. The van der Waals surface area contributed by atoms with Crippen molar-refractivity contribution in [1.29, 1.82) is 0 Å². The number of para-hydroxylation sites is 1. The summed E-state index contributed by atoms with van der Waals surface area (Å²) >= 11 is 7.08. The van der Waals surface area contributed by atoms with Crippen LogP contribution in [0, 0.1) is 0 Å². The van der Waals surface area contributed by atoms with Gasteiger partial charge in [0, 0.05) is 27.1 Å². The van der Waals surface area contributed by atoms with Gasteiger partial charge in [-0.05, 0) is 50.0 Å². The van der Waals surface area contributed by atoms with Gasteiger partial charge in [0.25, 0.3) is 0 Å². The molecule has 2 heterocycles. The topological polar surface area (TPSA) is 34.1 Å². The summed E-state index contributed by atoms with van der Waals surface area (Å²) in [4.78, 5) is 4.59. The average molecular weight is 412 g/mol. The summed E-state index contributed by atoms with van der Waals surface area (Å²) in [6, 6.07) is 8.40. The van der Waals surface area contributed by atoms with E-state index in [4.69, 9.17) is 4.74 Å². The Bertz CT molecular complexity index is 661. The van der Waals surface area contributed by atoms with Crippen LogP contribution in [-0.4, -0.2) is 18.1 Å². The first kappa shape index (κ1) is 15.0. The van der Waals surface area contributed by atoms with Crippen molar-refractivity contribution in [2.45, 2.75) is 19.4 Å². The zero-order valence-corrected chi connectivity index (χ0v) is 14.9. The second-order valence-electron chi connectivity index (χ2n) is 4.95. The Morgan fingerprint density at radius 1 is 1.38 bits per heavy atom. The molecule has 5 heteroatoms. The van der Waals surface area contributed by atoms with Gasteiger partial charge in [0.1, 0.15) is 5.75 Å². The molecule has 0 aliphatic carbocycles. The third-order valence-electron chi connectivity index (χ3n) is 3.57. The molecule has 0 saturated heterocycles. The van der Waals surface area contributed by atoms with E-state index < -0.39 is 0 Å². The second-order valence-corrected chi connectivity index (χ2v) is 6.72. The van der Waals surface area contributed by atoms with Gasteiger partial charge in [0.15, 0.2) is 0 Å². The molecule has 1 atom stereocenters. The molecule has 1 aromatic carbocycles. The van der Waals surface area contributed by atoms with E-state index in [1.165, 1.54) is 5.56 Å². The van der Waals surface area contributed by atoms with Crippen molar-refractivity contribution in [3.63, 3.8) is 0 Å². The lowest BCUT2D eigenvalue weighted by atomic mass is 9.99. The van der Waals surface area contributed by atoms with Crippen LogP contribution in [-0.2, 0) is 6.42 Å². The SMILES string of the molecule is CCNC(c1cccc2c1OCC2)c1ncc(Br)cc1Br. The van der Waals surface area contributed by atoms with E-state index in [-0.39, 0.29) is 6.04 Å². The van der Waals surface area contributed by atoms with Crippen LogP contribution in [0.15, 0.2) is 39.4 Å². The number of benzene rings is 1. The zero-order chi connectivity index (χ0) is 14.8. The second kappa shape index (κ2) is 6.46. The van der Waals surface area contributed by atoms with Crippen LogP contribution in [0.5, 0.6) is 5.75 Å². The van der Waals surface area contributed by atoms with Gasteiger partial charge < -0.3 is 10.1 Å². The molecule has 0 amide bonds. The summed E-state index contributed by atoms with van der Waals surface area (Å²) in [5.74, 6) is 1.01. The highest BCUT2D eigenvalue weighted by Crippen LogP contribution is 2.37. The van der Waals surface area contributed by atoms with Gasteiger partial charge in [0.05, 0.1) is 18.3 Å². The standard InChI is InChI=1S/C16H16Br2N2O/c1-2-19-14(15-13(18)8-11(17)9-20-15)12-5-3-4-10-6-7-21-16(10)12/h3-5,8-9,14,19H,2,6-7H2,1H3. The zero-order valence-electron chi connectivity index (χ0n) is 11.7. The number of hydrogen-bond donors (Lipinski definition) is 1. The highest BCUT2D eigenvalue weighted by molar-refractivity contribution is 9.11. The van der Waals surface area contributed by atoms with Crippen LogP contribution < -0.4 is 10.1 Å². The predicted molar refractivity (Wildman–Crippen MR) is 90.8 cm³/mol. The number of rotatable bonds is 4. The summed E-state index contributed by atoms with van der Waals surface area (Å²) in [5, 5.41) is 3.52. The molecule has 1 aromatic heterocycles. The van der Waals surface area contributed by atoms with Gasteiger partial charge in [-0.3, -0.25) is 4.98 Å². The molecule has 1 unspecified atom stereocenters. The van der Waals surface area contributed by atoms with Crippen molar-refractivity contribution < 1.29 is 4.74 Å². The fourth-order valence-corrected chi connectivity index (χ4v) is 3.88. The predicted octanol–water partition coefficient (Wildman–Crippen LogP) is 4.24. The molecule has 3 rings (SSSR count). The van der Waals surface area contributed by atoms with Crippen molar-refractivity contribution in [2.24, 2.45) is 0 Å². The lowest BCUT2D eigenvalue weighted by Crippen LogP contribution is -2.24. The average Bonchev–Trinajstić information content (AvgIpc) is 2.94. The molecule has 0 bridgehead atoms. The van der Waals surface area contributed by atoms with E-state index in [9.17, 15) is 0 Å². The lowest BCUT2D eigenvalue weighted by molar-refractivity contribution is 0.350. The van der Waals surface area contributed by atoms with Crippen molar-refractivity contribution >= 4 is 31.9 Å². The maximum Gasteiger partial charge on any atom is 0.127 e. The smallest absolute Gasteiger partial charge is 0.127 e. The number of halogens is 2. The minimum Gasteiger partial charge on any atom is -0.493 e. The van der Waals surface area contributed by atoms with Crippen molar-refractivity contribution in [3.05, 3.63) is 56.2 Å². The first-order valence-corrected chi connectivity index (χ1v) is 8.58. The molecule has 0 radical (unpaired) electrons. The maximum atomic E-state index is 5.85. The van der Waals surface area contributed by atoms with Crippen LogP contribution >= 0.6 is 31.9 Å². The number of ether oxygens (including phenoxy) is 1. The third-order valence-corrected chi connectivity index (χ3v) is 4.64. The Balaban J connectivity index is 2.08. The molecular formula is C16H16Br2N2O. The van der Waals surface area contributed by atoms with Gasteiger partial charge in [0.2, 0.25) is 0 Å². The molecule has 1 aliphatic heterocycles. The van der Waals surface area contributed by atoms with Gasteiger partial charge in [-0.2, -0.15) is 0 Å². The van der Waals surface area contributed by atoms with Crippen LogP contribution in [0.1, 0.15) is 29.8 Å². The summed E-state index contributed by atoms with van der Waals surface area (Å²) < 4.78 is 7.80. The van der Waals surface area contributed by atoms with Gasteiger partial charge in [-0.15, -0.1) is 0 Å². The van der Waals surface area contributed by atoms with E-state index in [0.29, 0.717) is 0 Å². The van der Waals surface area contributed by atoms with Crippen LogP contribution in [0.25, 0.3) is 0 Å². The van der Waals surface area contributed by atoms with Crippen LogP contribution in [0.2, 0.25) is 0 Å². The number of pyridine rings is 1. The van der Waals surface area contributed by atoms with Crippen molar-refractivity contribution in [3.8, 4) is 5.75 Å². The summed E-state index contributed by atoms with van der Waals surface area (Å²) in [6.07, 6.45) is 2.81. The Labute approximate surface area is 141 Å². The number of aromatic nitrogens is 1. The number of nitrogens with one attached hydrogen (secondary N) is 1. The molecule has 1 N–H and O–H groups in total. The summed E-state index contributed by atoms with van der Waals surface area (Å²) in [7, 11) is 0. The normalized spacial score (nSPS) is 14.6. The fourth-order valence-electron chi connectivity index (χ4n) is 2.66. The molecule has 0 spiro atoms. The monoisotopic (exact) mass is 410 g/mol. The molecule has 1 aliphatic rings. The van der Waals surface area contributed by atoms with E-state index in [1.54, 1.807) is 0 Å². The van der Waals surface area contributed by atoms with Gasteiger partial charge in [-0.1, -0.05) is 25.1 Å². The summed E-state index contributed by atoms with van der Waals surface area (Å²) in [6.45, 7) is 3.72. The molecule has 0 saturated carbocycles. The Kier molecular flexibility index (Phi) is 4.62. The molecular weight excluding hydrogens is 396 g/mol. The first-order chi connectivity index (χ1) is 10.2. The third kappa shape index (κ3) is 3.00. The van der Waals surface area contributed by atoms with Crippen LogP contribution in [0.4, 0.5) is 0 Å². The Morgan fingerprint density at radius 3 is 3.00 bits per heavy atom. The quantitative estimate of drug-likeness (QED) is 0.816. The first-order valence-electron chi connectivity index (χ1n) is 6.99. The molecule has 3 nitrogen and oxygen atoms in total. The summed E-state index contributed by atoms with van der Waals surface area (Å²) in [5.41, 5.74) is 3.41. The number of nitrogens with zero attached hydrogens (tertiary/aromatic N) is 1. The van der Waals surface area contributed by atoms with E-state index in [0.717, 1.165) is 45.5 Å². The molecule has 0 fully saturated rings. The minimum atomic E-state index is 0.0190. The van der Waals surface area contributed by atoms with E-state index >= 15 is 0 Å². The van der Waals surface area contributed by atoms with E-state index in [2.05, 4.69) is 67.3 Å². The van der Waals surface area contributed by atoms with Crippen molar-refractivity contribution in [1.82, 2.24) is 10.3 Å². The minimum absolute atomic E-state index is 0.0190. The highest BCUT2D eigenvalue weighted by atomic mass is 79.9.